The van der Waals surface area contributed by atoms with E-state index in [1.165, 1.54) is 0 Å². The van der Waals surface area contributed by atoms with Gasteiger partial charge in [0.05, 0.1) is 18.1 Å². The van der Waals surface area contributed by atoms with Crippen molar-refractivity contribution in [3.63, 3.8) is 0 Å². The fourth-order valence-corrected chi connectivity index (χ4v) is 3.80. The number of carbonyl (C=O) groups excluding carboxylic acids is 1. The van der Waals surface area contributed by atoms with E-state index in [-0.39, 0.29) is 55.4 Å². The molecule has 1 aromatic heterocycles. The summed E-state index contributed by atoms with van der Waals surface area (Å²) in [7, 11) is 0. The van der Waals surface area contributed by atoms with E-state index in [0.29, 0.717) is 34.9 Å². The van der Waals surface area contributed by atoms with Crippen LogP contribution in [0.1, 0.15) is 5.56 Å². The summed E-state index contributed by atoms with van der Waals surface area (Å²) >= 11 is 0. The van der Waals surface area contributed by atoms with Gasteiger partial charge in [0.15, 0.2) is 0 Å². The summed E-state index contributed by atoms with van der Waals surface area (Å²) in [6.45, 7) is -0.181. The number of benzene rings is 3. The molecule has 4 rings (SSSR count). The SMILES string of the molecule is O=C([O-])COc1ccc2c(Oc3ccc(C[C@@H](CO)NC[C@H](O)COc4ccccc4)cc3)ccnc2c1.[Na+]. The van der Waals surface area contributed by atoms with Crippen LogP contribution in [0, 0.1) is 0 Å². The predicted octanol–water partition coefficient (Wildman–Crippen LogP) is -0.907. The molecule has 10 heteroatoms. The van der Waals surface area contributed by atoms with Gasteiger partial charge in [-0.1, -0.05) is 30.3 Å². The van der Waals surface area contributed by atoms with Crippen molar-refractivity contribution in [3.05, 3.63) is 90.6 Å². The summed E-state index contributed by atoms with van der Waals surface area (Å²) < 4.78 is 16.8. The normalized spacial score (nSPS) is 12.3. The Hall–Kier alpha value is -3.18. The van der Waals surface area contributed by atoms with E-state index in [2.05, 4.69) is 10.3 Å². The quantitative estimate of drug-likeness (QED) is 0.174. The van der Waals surface area contributed by atoms with Crippen LogP contribution in [0.3, 0.4) is 0 Å². The van der Waals surface area contributed by atoms with Crippen molar-refractivity contribution in [3.8, 4) is 23.0 Å². The van der Waals surface area contributed by atoms with E-state index < -0.39 is 18.7 Å². The van der Waals surface area contributed by atoms with Crippen LogP contribution in [-0.4, -0.2) is 59.7 Å². The van der Waals surface area contributed by atoms with Gasteiger partial charge in [-0.05, 0) is 54.4 Å². The number of aromatic nitrogens is 1. The average molecular weight is 541 g/mol. The molecule has 1 heterocycles. The Morgan fingerprint density at radius 3 is 2.41 bits per heavy atom. The molecule has 39 heavy (non-hydrogen) atoms. The number of rotatable bonds is 14. The number of pyridine rings is 1. The second kappa shape index (κ2) is 15.4. The molecule has 0 spiro atoms. The number of nitrogens with zero attached hydrogens (tertiary/aromatic N) is 1. The minimum Gasteiger partial charge on any atom is -0.546 e. The third-order valence-electron chi connectivity index (χ3n) is 5.71. The number of hydrogen-bond acceptors (Lipinski definition) is 9. The van der Waals surface area contributed by atoms with Crippen LogP contribution in [0.25, 0.3) is 10.9 Å². The minimum atomic E-state index is -1.30. The summed E-state index contributed by atoms with van der Waals surface area (Å²) in [5, 5.41) is 34.6. The predicted molar refractivity (Wildman–Crippen MR) is 139 cm³/mol. The topological polar surface area (TPSA) is 133 Å². The largest absolute Gasteiger partial charge is 1.00 e. The first kappa shape index (κ1) is 30.4. The molecule has 0 unspecified atom stereocenters. The Morgan fingerprint density at radius 1 is 0.949 bits per heavy atom. The molecule has 0 fully saturated rings. The zero-order valence-electron chi connectivity index (χ0n) is 21.7. The minimum absolute atomic E-state index is 0. The Morgan fingerprint density at radius 2 is 1.69 bits per heavy atom. The summed E-state index contributed by atoms with van der Waals surface area (Å²) in [5.41, 5.74) is 1.59. The van der Waals surface area contributed by atoms with Crippen molar-refractivity contribution in [2.75, 3.05) is 26.4 Å². The van der Waals surface area contributed by atoms with Gasteiger partial charge in [0.1, 0.15) is 42.3 Å². The van der Waals surface area contributed by atoms with Gasteiger partial charge in [-0.15, -0.1) is 0 Å². The molecule has 4 aromatic rings. The van der Waals surface area contributed by atoms with E-state index in [1.807, 2.05) is 54.6 Å². The number of nitrogens with one attached hydrogen (secondary N) is 1. The molecule has 0 aliphatic rings. The van der Waals surface area contributed by atoms with Gasteiger partial charge >= 0.3 is 29.6 Å². The fraction of sp³-hybridized carbons (Fsp3) is 0.241. The number of carboxylic acids is 1. The molecule has 198 valence electrons. The first-order valence-corrected chi connectivity index (χ1v) is 12.2. The smallest absolute Gasteiger partial charge is 0.546 e. The molecule has 0 aliphatic carbocycles. The summed E-state index contributed by atoms with van der Waals surface area (Å²) in [6.07, 6.45) is 1.45. The average Bonchev–Trinajstić information content (AvgIpc) is 2.94. The van der Waals surface area contributed by atoms with E-state index in [4.69, 9.17) is 14.2 Å². The van der Waals surface area contributed by atoms with Crippen LogP contribution >= 0.6 is 0 Å². The number of aliphatic carboxylic acids is 1. The van der Waals surface area contributed by atoms with Crippen LogP contribution in [0.2, 0.25) is 0 Å². The maximum absolute atomic E-state index is 10.6. The Kier molecular flexibility index (Phi) is 12.0. The second-order valence-corrected chi connectivity index (χ2v) is 8.66. The monoisotopic (exact) mass is 540 g/mol. The molecule has 0 aliphatic heterocycles. The number of carboxylic acid groups (broad SMARTS) is 1. The Balaban J connectivity index is 0.00000420. The number of hydrogen-bond donors (Lipinski definition) is 3. The van der Waals surface area contributed by atoms with Crippen LogP contribution in [-0.2, 0) is 11.2 Å². The maximum Gasteiger partial charge on any atom is 1.00 e. The standard InChI is InChI=1S/C29H30N2O7.Na/c32-17-21(31-16-22(33)18-36-23-4-2-1-3-5-23)14-20-6-8-24(9-7-20)38-28-12-13-30-27-15-25(10-11-26(27)28)37-19-29(34)35;/h1-13,15,21-22,31-33H,14,16-19H2,(H,34,35);/q;+1/p-1/t21-,22-;/m0./s1. The number of carbonyl (C=O) groups is 1. The molecular weight excluding hydrogens is 511 g/mol. The summed E-state index contributed by atoms with van der Waals surface area (Å²) in [4.78, 5) is 14.9. The van der Waals surface area contributed by atoms with Crippen molar-refractivity contribution < 1.29 is 63.9 Å². The zero-order valence-corrected chi connectivity index (χ0v) is 23.7. The molecular formula is C29H29N2NaO7. The Bertz CT molecular complexity index is 1320. The van der Waals surface area contributed by atoms with Crippen LogP contribution in [0.5, 0.6) is 23.0 Å². The number of fused-ring (bicyclic) bond motifs is 1. The third kappa shape index (κ3) is 9.50. The van der Waals surface area contributed by atoms with Crippen LogP contribution in [0.4, 0.5) is 0 Å². The molecule has 0 saturated carbocycles. The number of aliphatic hydroxyl groups excluding tert-OH is 2. The van der Waals surface area contributed by atoms with Crippen LogP contribution < -0.4 is 54.2 Å². The molecule has 0 bridgehead atoms. The van der Waals surface area contributed by atoms with E-state index in [1.54, 1.807) is 30.5 Å². The molecule has 2 atom stereocenters. The third-order valence-corrected chi connectivity index (χ3v) is 5.71. The van der Waals surface area contributed by atoms with Crippen LogP contribution in [0.15, 0.2) is 85.1 Å². The summed E-state index contributed by atoms with van der Waals surface area (Å²) in [6, 6.07) is 23.4. The molecule has 0 amide bonds. The van der Waals surface area contributed by atoms with Gasteiger partial charge in [0.2, 0.25) is 0 Å². The first-order valence-electron chi connectivity index (χ1n) is 12.2. The first-order chi connectivity index (χ1) is 18.5. The van der Waals surface area contributed by atoms with Crippen molar-refractivity contribution >= 4 is 16.9 Å². The van der Waals surface area contributed by atoms with E-state index in [9.17, 15) is 20.1 Å². The van der Waals surface area contributed by atoms with Crippen molar-refractivity contribution in [1.82, 2.24) is 10.3 Å². The van der Waals surface area contributed by atoms with Gasteiger partial charge < -0.3 is 39.6 Å². The van der Waals surface area contributed by atoms with Crippen molar-refractivity contribution in [1.29, 1.82) is 0 Å². The second-order valence-electron chi connectivity index (χ2n) is 8.66. The zero-order chi connectivity index (χ0) is 26.7. The van der Waals surface area contributed by atoms with Gasteiger partial charge in [0, 0.05) is 30.2 Å². The van der Waals surface area contributed by atoms with Crippen molar-refractivity contribution in [2.24, 2.45) is 0 Å². The molecule has 3 N–H and O–H groups in total. The van der Waals surface area contributed by atoms with E-state index >= 15 is 0 Å². The van der Waals surface area contributed by atoms with Gasteiger partial charge in [0.25, 0.3) is 0 Å². The number of ether oxygens (including phenoxy) is 3. The van der Waals surface area contributed by atoms with E-state index in [0.717, 1.165) is 10.9 Å². The maximum atomic E-state index is 10.6. The molecule has 9 nitrogen and oxygen atoms in total. The Labute approximate surface area is 248 Å². The summed E-state index contributed by atoms with van der Waals surface area (Å²) in [5.74, 6) is 0.987. The number of aliphatic hydroxyl groups is 2. The van der Waals surface area contributed by atoms with Gasteiger partial charge in [-0.3, -0.25) is 4.98 Å². The van der Waals surface area contributed by atoms with Gasteiger partial charge in [-0.25, -0.2) is 0 Å². The van der Waals surface area contributed by atoms with Gasteiger partial charge in [-0.2, -0.15) is 0 Å². The fourth-order valence-electron chi connectivity index (χ4n) is 3.80. The number of para-hydroxylation sites is 1. The molecule has 3 aromatic carbocycles. The van der Waals surface area contributed by atoms with Crippen molar-refractivity contribution in [2.45, 2.75) is 18.6 Å². The molecule has 0 saturated heterocycles. The molecule has 0 radical (unpaired) electrons.